The molecule has 204 valence electrons. The summed E-state index contributed by atoms with van der Waals surface area (Å²) in [5, 5.41) is 3.38. The van der Waals surface area contributed by atoms with E-state index in [0.717, 1.165) is 84.4 Å². The number of rotatable bonds is 5. The summed E-state index contributed by atoms with van der Waals surface area (Å²) in [6, 6.07) is 48.4. The van der Waals surface area contributed by atoms with E-state index in [4.69, 9.17) is 15.0 Å². The molecule has 0 atom stereocenters. The Labute approximate surface area is 250 Å². The summed E-state index contributed by atoms with van der Waals surface area (Å²) in [6.07, 6.45) is 0.825. The summed E-state index contributed by atoms with van der Waals surface area (Å²) in [4.78, 5) is 15.5. The summed E-state index contributed by atoms with van der Waals surface area (Å²) in [7, 11) is 0. The maximum absolute atomic E-state index is 5.25. The van der Waals surface area contributed by atoms with Crippen LogP contribution in [0.2, 0.25) is 0 Å². The minimum Gasteiger partial charge on any atom is -0.296 e. The topological polar surface area (TPSA) is 43.6 Å². The first-order valence-electron chi connectivity index (χ1n) is 14.7. The van der Waals surface area contributed by atoms with Gasteiger partial charge in [-0.3, -0.25) is 4.57 Å². The number of hydrogen-bond acceptors (Lipinski definition) is 3. The van der Waals surface area contributed by atoms with Crippen molar-refractivity contribution in [1.82, 2.24) is 19.5 Å². The van der Waals surface area contributed by atoms with Crippen LogP contribution in [-0.2, 0) is 6.42 Å². The van der Waals surface area contributed by atoms with Crippen molar-refractivity contribution in [2.45, 2.75) is 13.3 Å². The molecule has 0 fully saturated rings. The monoisotopic (exact) mass is 552 g/mol. The van der Waals surface area contributed by atoms with Crippen LogP contribution in [-0.4, -0.2) is 19.5 Å². The number of hydrogen-bond donors (Lipinski definition) is 0. The minimum absolute atomic E-state index is 0.825. The summed E-state index contributed by atoms with van der Waals surface area (Å²) in [5.74, 6) is 1.03. The van der Waals surface area contributed by atoms with Crippen LogP contribution in [0.5, 0.6) is 0 Å². The SMILES string of the molecule is CCc1nc2c3c(-c4ccc(-c5cccc(-c6ccccc6)n5)cc4)nc4ccccc4c3ccc2n1-c1ccccc1. The van der Waals surface area contributed by atoms with Gasteiger partial charge in [0.25, 0.3) is 0 Å². The van der Waals surface area contributed by atoms with Crippen LogP contribution < -0.4 is 0 Å². The minimum atomic E-state index is 0.825. The van der Waals surface area contributed by atoms with Crippen LogP contribution in [0.25, 0.3) is 72.2 Å². The van der Waals surface area contributed by atoms with E-state index in [1.54, 1.807) is 0 Å². The first-order chi connectivity index (χ1) is 21.3. The molecule has 8 aromatic rings. The molecule has 0 spiro atoms. The Morgan fingerprint density at radius 1 is 0.512 bits per heavy atom. The second-order valence-corrected chi connectivity index (χ2v) is 10.7. The van der Waals surface area contributed by atoms with Crippen LogP contribution in [0, 0.1) is 0 Å². The molecule has 4 heteroatoms. The van der Waals surface area contributed by atoms with Crippen molar-refractivity contribution in [3.63, 3.8) is 0 Å². The third-order valence-electron chi connectivity index (χ3n) is 8.16. The molecule has 0 saturated carbocycles. The second kappa shape index (κ2) is 10.3. The standard InChI is InChI=1S/C39H28N4/c1-2-36-42-39-35(43(36)29-14-7-4-8-15-29)25-24-31-30-16-9-10-17-34(30)41-38(37(31)39)28-22-20-27(21-23-28)33-19-11-18-32(40-33)26-12-5-3-6-13-26/h3-25H,2H2,1H3. The molecule has 0 aliphatic heterocycles. The molecule has 8 rings (SSSR count). The Hall–Kier alpha value is -5.61. The van der Waals surface area contributed by atoms with Gasteiger partial charge in [-0.1, -0.05) is 110 Å². The van der Waals surface area contributed by atoms with Crippen molar-refractivity contribution in [2.75, 3.05) is 0 Å². The Morgan fingerprint density at radius 2 is 1.16 bits per heavy atom. The van der Waals surface area contributed by atoms with E-state index in [-0.39, 0.29) is 0 Å². The van der Waals surface area contributed by atoms with Crippen molar-refractivity contribution in [2.24, 2.45) is 0 Å². The lowest BCUT2D eigenvalue weighted by atomic mass is 9.97. The van der Waals surface area contributed by atoms with E-state index in [0.29, 0.717) is 0 Å². The average molecular weight is 553 g/mol. The molecule has 0 unspecified atom stereocenters. The van der Waals surface area contributed by atoms with E-state index in [2.05, 4.69) is 133 Å². The Bertz CT molecular complexity index is 2250. The lowest BCUT2D eigenvalue weighted by Crippen LogP contribution is -1.99. The smallest absolute Gasteiger partial charge is 0.114 e. The number of aromatic nitrogens is 4. The molecule has 0 radical (unpaired) electrons. The summed E-state index contributed by atoms with van der Waals surface area (Å²) < 4.78 is 2.28. The molecule has 3 aromatic heterocycles. The van der Waals surface area contributed by atoms with Gasteiger partial charge in [0.1, 0.15) is 5.82 Å². The molecule has 0 bridgehead atoms. The van der Waals surface area contributed by atoms with Gasteiger partial charge >= 0.3 is 0 Å². The fraction of sp³-hybridized carbons (Fsp3) is 0.0513. The molecule has 4 nitrogen and oxygen atoms in total. The van der Waals surface area contributed by atoms with Gasteiger partial charge in [0.2, 0.25) is 0 Å². The Kier molecular flexibility index (Phi) is 6.04. The molecule has 0 saturated heterocycles. The van der Waals surface area contributed by atoms with Crippen LogP contribution in [0.15, 0.2) is 140 Å². The number of benzene rings is 5. The van der Waals surface area contributed by atoms with Crippen LogP contribution in [0.3, 0.4) is 0 Å². The first kappa shape index (κ1) is 25.1. The molecule has 5 aromatic carbocycles. The van der Waals surface area contributed by atoms with Crippen LogP contribution in [0.1, 0.15) is 12.7 Å². The average Bonchev–Trinajstić information content (AvgIpc) is 3.48. The van der Waals surface area contributed by atoms with Gasteiger partial charge in [-0.25, -0.2) is 15.0 Å². The fourth-order valence-electron chi connectivity index (χ4n) is 6.11. The summed E-state index contributed by atoms with van der Waals surface area (Å²) in [5.41, 5.74) is 10.2. The maximum Gasteiger partial charge on any atom is 0.114 e. The highest BCUT2D eigenvalue weighted by atomic mass is 15.1. The fourth-order valence-corrected chi connectivity index (χ4v) is 6.11. The Morgan fingerprint density at radius 3 is 1.91 bits per heavy atom. The number of para-hydroxylation sites is 2. The number of fused-ring (bicyclic) bond motifs is 5. The summed E-state index contributed by atoms with van der Waals surface area (Å²) in [6.45, 7) is 2.16. The van der Waals surface area contributed by atoms with Gasteiger partial charge in [0.15, 0.2) is 0 Å². The van der Waals surface area contributed by atoms with Gasteiger partial charge in [-0.15, -0.1) is 0 Å². The lowest BCUT2D eigenvalue weighted by Gasteiger charge is -2.12. The van der Waals surface area contributed by atoms with Gasteiger partial charge in [0, 0.05) is 39.6 Å². The van der Waals surface area contributed by atoms with Gasteiger partial charge in [0.05, 0.1) is 33.6 Å². The second-order valence-electron chi connectivity index (χ2n) is 10.7. The maximum atomic E-state index is 5.25. The zero-order valence-corrected chi connectivity index (χ0v) is 23.8. The van der Waals surface area contributed by atoms with Crippen molar-refractivity contribution < 1.29 is 0 Å². The van der Waals surface area contributed by atoms with Crippen LogP contribution >= 0.6 is 0 Å². The molecule has 0 amide bonds. The predicted molar refractivity (Wildman–Crippen MR) is 177 cm³/mol. The third kappa shape index (κ3) is 4.27. The number of pyridine rings is 2. The zero-order chi connectivity index (χ0) is 28.8. The first-order valence-corrected chi connectivity index (χ1v) is 14.7. The highest BCUT2D eigenvalue weighted by Gasteiger charge is 2.19. The molecule has 0 aliphatic carbocycles. The highest BCUT2D eigenvalue weighted by molar-refractivity contribution is 6.19. The summed E-state index contributed by atoms with van der Waals surface area (Å²) >= 11 is 0. The third-order valence-corrected chi connectivity index (χ3v) is 8.16. The number of aryl methyl sites for hydroxylation is 1. The van der Waals surface area contributed by atoms with Gasteiger partial charge in [-0.2, -0.15) is 0 Å². The molecule has 0 N–H and O–H groups in total. The number of nitrogens with zero attached hydrogens (tertiary/aromatic N) is 4. The molecular formula is C39H28N4. The zero-order valence-electron chi connectivity index (χ0n) is 23.8. The molecule has 3 heterocycles. The van der Waals surface area contributed by atoms with E-state index in [1.165, 1.54) is 0 Å². The number of imidazole rings is 1. The largest absolute Gasteiger partial charge is 0.296 e. The predicted octanol–water partition coefficient (Wildman–Crippen LogP) is 9.69. The molecule has 43 heavy (non-hydrogen) atoms. The van der Waals surface area contributed by atoms with E-state index in [1.807, 2.05) is 18.2 Å². The normalized spacial score (nSPS) is 11.5. The quantitative estimate of drug-likeness (QED) is 0.200. The lowest BCUT2D eigenvalue weighted by molar-refractivity contribution is 0.908. The molecular weight excluding hydrogens is 524 g/mol. The van der Waals surface area contributed by atoms with E-state index < -0.39 is 0 Å². The van der Waals surface area contributed by atoms with E-state index in [9.17, 15) is 0 Å². The van der Waals surface area contributed by atoms with E-state index >= 15 is 0 Å². The van der Waals surface area contributed by atoms with Crippen LogP contribution in [0.4, 0.5) is 0 Å². The molecule has 0 aliphatic rings. The van der Waals surface area contributed by atoms with Gasteiger partial charge in [-0.05, 0) is 41.8 Å². The van der Waals surface area contributed by atoms with Crippen molar-refractivity contribution in [1.29, 1.82) is 0 Å². The van der Waals surface area contributed by atoms with Gasteiger partial charge < -0.3 is 0 Å². The van der Waals surface area contributed by atoms with Crippen molar-refractivity contribution >= 4 is 32.7 Å². The van der Waals surface area contributed by atoms with Crippen molar-refractivity contribution in [3.05, 3.63) is 145 Å². The Balaban J connectivity index is 1.32. The highest BCUT2D eigenvalue weighted by Crippen LogP contribution is 2.38. The van der Waals surface area contributed by atoms with Crippen molar-refractivity contribution in [3.8, 4) is 39.5 Å².